The van der Waals surface area contributed by atoms with Crippen LogP contribution in [0.1, 0.15) is 123 Å². The number of primary amides is 1. The summed E-state index contributed by atoms with van der Waals surface area (Å²) in [5.41, 5.74) is 63.2. The van der Waals surface area contributed by atoms with Gasteiger partial charge in [0.1, 0.15) is 48.3 Å². The van der Waals surface area contributed by atoms with Gasteiger partial charge in [0.2, 0.25) is 53.2 Å². The number of carboxylic acids is 1. The van der Waals surface area contributed by atoms with Crippen molar-refractivity contribution in [3.63, 3.8) is 0 Å². The second-order valence-corrected chi connectivity index (χ2v) is 22.7. The fourth-order valence-corrected chi connectivity index (χ4v) is 9.37. The minimum absolute atomic E-state index is 0.00420. The highest BCUT2D eigenvalue weighted by atomic mass is 16.4. The average Bonchev–Trinajstić information content (AvgIpc) is 1.64. The first-order chi connectivity index (χ1) is 43.5. The van der Waals surface area contributed by atoms with Crippen LogP contribution in [0.4, 0.5) is 0 Å². The number of guanidine groups is 4. The quantitative estimate of drug-likeness (QED) is 0.0167. The molecule has 0 fully saturated rings. The van der Waals surface area contributed by atoms with Crippen LogP contribution in [-0.2, 0) is 54.4 Å². The van der Waals surface area contributed by atoms with Gasteiger partial charge in [0.05, 0.1) is 12.5 Å². The van der Waals surface area contributed by atoms with Crippen LogP contribution in [0.2, 0.25) is 0 Å². The zero-order valence-corrected chi connectivity index (χ0v) is 53.0. The fourth-order valence-electron chi connectivity index (χ4n) is 9.37. The smallest absolute Gasteiger partial charge is 0.326 e. The van der Waals surface area contributed by atoms with Gasteiger partial charge in [-0.1, -0.05) is 52.3 Å². The third kappa shape index (κ3) is 30.3. The van der Waals surface area contributed by atoms with Crippen molar-refractivity contribution >= 4 is 93.9 Å². The molecule has 0 saturated heterocycles. The lowest BCUT2D eigenvalue weighted by molar-refractivity contribution is -0.142. The lowest BCUT2D eigenvalue weighted by Gasteiger charge is -2.28. The molecule has 1 aromatic carbocycles. The summed E-state index contributed by atoms with van der Waals surface area (Å²) in [5, 5.41) is 32.0. The molecule has 0 saturated carbocycles. The predicted octanol–water partition coefficient (Wildman–Crippen LogP) is -5.69. The number of hydrogen-bond donors (Lipinski definition) is 21. The number of unbranched alkanes of at least 4 members (excludes halogenated alkanes) is 1. The number of benzene rings is 1. The highest BCUT2D eigenvalue weighted by Gasteiger charge is 2.36. The molecule has 1 heterocycles. The molecule has 0 unspecified atom stereocenters. The number of amides is 9. The first-order valence-corrected chi connectivity index (χ1v) is 30.6. The van der Waals surface area contributed by atoms with Crippen molar-refractivity contribution in [3.8, 4) is 0 Å². The Morgan fingerprint density at radius 3 is 1.18 bits per heavy atom. The molecule has 35 nitrogen and oxygen atoms in total. The molecule has 0 aliphatic rings. The number of fused-ring (bicyclic) bond motifs is 1. The van der Waals surface area contributed by atoms with E-state index in [-0.39, 0.29) is 145 Å². The molecule has 9 amide bonds. The summed E-state index contributed by atoms with van der Waals surface area (Å²) in [7, 11) is 0. The van der Waals surface area contributed by atoms with E-state index < -0.39 is 120 Å². The normalized spacial score (nSPS) is 14.3. The second-order valence-electron chi connectivity index (χ2n) is 22.7. The zero-order chi connectivity index (χ0) is 69.0. The molecule has 35 heteroatoms. The summed E-state index contributed by atoms with van der Waals surface area (Å²) in [6.07, 6.45) is 1.79. The molecule has 2 rings (SSSR count). The minimum atomic E-state index is -1.58. The van der Waals surface area contributed by atoms with Gasteiger partial charge in [0.15, 0.2) is 23.8 Å². The summed E-state index contributed by atoms with van der Waals surface area (Å²) in [4.78, 5) is 158. The van der Waals surface area contributed by atoms with Gasteiger partial charge < -0.3 is 116 Å². The molecule has 0 spiro atoms. The Hall–Kier alpha value is -9.54. The SMILES string of the molecule is CC[C@H](C)[C@H](N)C(=O)N[C@@H](CC(N)=O)C(=O)N[C@@H](CCCN=C(N)N)C(=O)N[C@@H](CCCCN)C(=O)N[C@@H](CCCN=C(N)N)C(=O)N[C@@H](CCCN=C(N)N)C(=O)N[C@@H](CC(C)C)C(=O)N[C@@H](CCCN=C(N)N)C(=O)N[C@@H](Cc1c[nH]c2ccccc12)C(=O)O. The number of carboxylic acid groups (broad SMARTS) is 1. The molecule has 10 atom stereocenters. The maximum absolute atomic E-state index is 14.7. The van der Waals surface area contributed by atoms with Gasteiger partial charge >= 0.3 is 5.97 Å². The highest BCUT2D eigenvalue weighted by molar-refractivity contribution is 5.99. The zero-order valence-electron chi connectivity index (χ0n) is 53.0. The summed E-state index contributed by atoms with van der Waals surface area (Å²) in [6.45, 7) is 7.25. The molecule has 0 bridgehead atoms. The number of aromatic amines is 1. The van der Waals surface area contributed by atoms with Gasteiger partial charge in [0, 0.05) is 49.7 Å². The number of aromatic nitrogens is 1. The Morgan fingerprint density at radius 1 is 0.478 bits per heavy atom. The van der Waals surface area contributed by atoms with Crippen LogP contribution in [0.5, 0.6) is 0 Å². The van der Waals surface area contributed by atoms with Crippen LogP contribution in [0, 0.1) is 11.8 Å². The predicted molar refractivity (Wildman–Crippen MR) is 348 cm³/mol. The van der Waals surface area contributed by atoms with Crippen molar-refractivity contribution < 1.29 is 53.1 Å². The van der Waals surface area contributed by atoms with E-state index in [4.69, 9.17) is 63.1 Å². The van der Waals surface area contributed by atoms with Gasteiger partial charge in [0.25, 0.3) is 0 Å². The second kappa shape index (κ2) is 41.7. The molecule has 32 N–H and O–H groups in total. The van der Waals surface area contributed by atoms with Crippen molar-refractivity contribution in [2.45, 2.75) is 178 Å². The van der Waals surface area contributed by atoms with E-state index in [1.165, 1.54) is 0 Å². The molecule has 514 valence electrons. The van der Waals surface area contributed by atoms with E-state index in [0.717, 1.165) is 10.9 Å². The Labute approximate surface area is 534 Å². The van der Waals surface area contributed by atoms with Gasteiger partial charge in [-0.3, -0.25) is 63.1 Å². The van der Waals surface area contributed by atoms with Crippen LogP contribution >= 0.6 is 0 Å². The third-order valence-corrected chi connectivity index (χ3v) is 14.5. The highest BCUT2D eigenvalue weighted by Crippen LogP contribution is 2.20. The number of hydrogen-bond acceptors (Lipinski definition) is 16. The number of nitrogens with zero attached hydrogens (tertiary/aromatic N) is 4. The molecular weight excluding hydrogens is 1200 g/mol. The van der Waals surface area contributed by atoms with E-state index >= 15 is 0 Å². The number of H-pyrrole nitrogens is 1. The van der Waals surface area contributed by atoms with Crippen molar-refractivity contribution in [2.75, 3.05) is 32.7 Å². The first-order valence-electron chi connectivity index (χ1n) is 30.6. The Morgan fingerprint density at radius 2 is 0.826 bits per heavy atom. The Kier molecular flexibility index (Phi) is 35.6. The number of para-hydroxylation sites is 1. The maximum Gasteiger partial charge on any atom is 0.326 e. The van der Waals surface area contributed by atoms with Crippen molar-refractivity contribution in [1.29, 1.82) is 0 Å². The number of aliphatic imine (C=N–C) groups is 4. The Balaban J connectivity index is 2.61. The number of rotatable bonds is 45. The van der Waals surface area contributed by atoms with Gasteiger partial charge in [-0.2, -0.15) is 0 Å². The van der Waals surface area contributed by atoms with Crippen LogP contribution in [0.3, 0.4) is 0 Å². The summed E-state index contributed by atoms with van der Waals surface area (Å²) < 4.78 is 0. The molecule has 0 aliphatic heterocycles. The van der Waals surface area contributed by atoms with E-state index in [0.29, 0.717) is 18.4 Å². The molecule has 0 aliphatic carbocycles. The molecule has 0 radical (unpaired) electrons. The van der Waals surface area contributed by atoms with Gasteiger partial charge in [-0.25, -0.2) is 4.79 Å². The van der Waals surface area contributed by atoms with E-state index in [1.54, 1.807) is 52.1 Å². The van der Waals surface area contributed by atoms with Crippen molar-refractivity contribution in [3.05, 3.63) is 36.0 Å². The number of aliphatic carboxylic acids is 1. The first kappa shape index (κ1) is 78.6. The summed E-state index contributed by atoms with van der Waals surface area (Å²) >= 11 is 0. The van der Waals surface area contributed by atoms with Crippen LogP contribution in [0.15, 0.2) is 50.4 Å². The summed E-state index contributed by atoms with van der Waals surface area (Å²) in [5.74, 6) is -11.0. The van der Waals surface area contributed by atoms with Crippen LogP contribution in [-0.4, -0.2) is 180 Å². The number of nitrogens with one attached hydrogen (secondary N) is 9. The molecule has 92 heavy (non-hydrogen) atoms. The van der Waals surface area contributed by atoms with Gasteiger partial charge in [-0.05, 0) is 107 Å². The standard InChI is InChI=1S/C57H100N24O11/c1-5-31(4)44(60)52(90)80-41(28-43(59)82)51(89)78-37(18-11-23-70-55(63)64)47(85)74-35(16-8-9-21-58)45(83)75-36(17-10-22-69-54(61)62)46(84)76-38(19-12-24-71-56(65)66)48(86)79-40(26-30(2)3)50(88)77-39(20-13-25-72-57(67)68)49(87)81-42(53(91)92)27-32-29-73-34-15-7-6-14-33(32)34/h6-7,14-15,29-31,35-42,44,73H,5,8-13,16-28,58,60H2,1-4H3,(H2,59,82)(H,74,85)(H,75,83)(H,76,84)(H,77,88)(H,78,89)(H,79,86)(H,80,90)(H,81,87)(H,91,92)(H4,61,62,69)(H4,63,64,70)(H4,65,66,71)(H4,67,68,72)/t31-,35-,36-,37-,38-,39-,40-,41-,42-,44-/m0/s1. The van der Waals surface area contributed by atoms with E-state index in [1.807, 2.05) is 6.07 Å². The number of carbonyl (C=O) groups excluding carboxylic acids is 9. The van der Waals surface area contributed by atoms with E-state index in [9.17, 15) is 53.1 Å². The number of carbonyl (C=O) groups is 10. The average molecular weight is 1300 g/mol. The number of nitrogens with two attached hydrogens (primary N) is 11. The van der Waals surface area contributed by atoms with Crippen molar-refractivity contribution in [2.24, 2.45) is 94.9 Å². The largest absolute Gasteiger partial charge is 0.480 e. The summed E-state index contributed by atoms with van der Waals surface area (Å²) in [6, 6.07) is -5.46. The lowest BCUT2D eigenvalue weighted by atomic mass is 9.98. The van der Waals surface area contributed by atoms with Crippen LogP contribution < -0.4 is 106 Å². The minimum Gasteiger partial charge on any atom is -0.480 e. The Bertz CT molecular complexity index is 2870. The molecule has 2 aromatic rings. The topological polar surface area (TPSA) is 639 Å². The lowest BCUT2D eigenvalue weighted by Crippen LogP contribution is -2.60. The molecule has 1 aromatic heterocycles. The fraction of sp³-hybridized carbons (Fsp3) is 0.614. The molecular formula is C57H100N24O11. The maximum atomic E-state index is 14.7. The van der Waals surface area contributed by atoms with E-state index in [2.05, 4.69) is 67.5 Å². The third-order valence-electron chi connectivity index (χ3n) is 14.5. The van der Waals surface area contributed by atoms with Crippen molar-refractivity contribution in [1.82, 2.24) is 47.5 Å². The van der Waals surface area contributed by atoms with Gasteiger partial charge in [-0.15, -0.1) is 0 Å². The monoisotopic (exact) mass is 1300 g/mol. The van der Waals surface area contributed by atoms with Crippen LogP contribution in [0.25, 0.3) is 10.9 Å².